The van der Waals surface area contributed by atoms with E-state index in [1.165, 1.54) is 17.5 Å². The number of hydrogen-bond acceptors (Lipinski definition) is 7. The molecule has 1 fully saturated rings. The lowest BCUT2D eigenvalue weighted by Gasteiger charge is -2.32. The van der Waals surface area contributed by atoms with Gasteiger partial charge in [0.25, 0.3) is 0 Å². The van der Waals surface area contributed by atoms with Crippen LogP contribution in [0.15, 0.2) is 42.6 Å². The number of piperidine rings is 1. The lowest BCUT2D eigenvalue weighted by molar-refractivity contribution is -0.125. The fourth-order valence-electron chi connectivity index (χ4n) is 3.09. The molecule has 1 amide bonds. The number of hydrogen-bond donors (Lipinski definition) is 1. The zero-order chi connectivity index (χ0) is 17.8. The minimum absolute atomic E-state index is 0.0338. The van der Waals surface area contributed by atoms with E-state index in [1.54, 1.807) is 22.3 Å². The Bertz CT molecular complexity index is 850. The van der Waals surface area contributed by atoms with Crippen LogP contribution >= 0.6 is 11.3 Å². The fourth-order valence-corrected chi connectivity index (χ4v) is 3.74. The maximum absolute atomic E-state index is 12.5. The summed E-state index contributed by atoms with van der Waals surface area (Å²) in [6, 6.07) is 5.90. The summed E-state index contributed by atoms with van der Waals surface area (Å²) in [5.41, 5.74) is 0. The lowest BCUT2D eigenvalue weighted by Crippen LogP contribution is -2.43. The van der Waals surface area contributed by atoms with Crippen molar-refractivity contribution in [2.75, 3.05) is 18.0 Å². The number of rotatable bonds is 5. The molecule has 0 saturated carbocycles. The molecule has 0 spiro atoms. The normalized spacial score (nSPS) is 17.2. The predicted octanol–water partition coefficient (Wildman–Crippen LogP) is 1.65. The van der Waals surface area contributed by atoms with Crippen LogP contribution in [0.2, 0.25) is 0 Å². The van der Waals surface area contributed by atoms with Gasteiger partial charge in [-0.1, -0.05) is 6.07 Å². The zero-order valence-electron chi connectivity index (χ0n) is 14.2. The van der Waals surface area contributed by atoms with Crippen LogP contribution in [0.3, 0.4) is 0 Å². The molecule has 3 aromatic rings. The van der Waals surface area contributed by atoms with Crippen LogP contribution in [0.4, 0.5) is 5.82 Å². The van der Waals surface area contributed by atoms with Gasteiger partial charge in [-0.25, -0.2) is 19.6 Å². The van der Waals surface area contributed by atoms with Crippen molar-refractivity contribution in [3.63, 3.8) is 0 Å². The van der Waals surface area contributed by atoms with Crippen LogP contribution in [0.1, 0.15) is 17.7 Å². The first-order valence-corrected chi connectivity index (χ1v) is 9.39. The average molecular weight is 369 g/mol. The van der Waals surface area contributed by atoms with Crippen molar-refractivity contribution in [1.82, 2.24) is 30.0 Å². The summed E-state index contributed by atoms with van der Waals surface area (Å²) >= 11 is 1.65. The number of anilines is 1. The van der Waals surface area contributed by atoms with Crippen LogP contribution in [0.25, 0.3) is 5.82 Å². The molecule has 9 heteroatoms. The van der Waals surface area contributed by atoms with Gasteiger partial charge in [0.05, 0.1) is 12.5 Å². The quantitative estimate of drug-likeness (QED) is 0.736. The van der Waals surface area contributed by atoms with Crippen LogP contribution in [0, 0.1) is 5.92 Å². The van der Waals surface area contributed by atoms with E-state index in [0.29, 0.717) is 18.9 Å². The third-order valence-electron chi connectivity index (χ3n) is 4.42. The van der Waals surface area contributed by atoms with Gasteiger partial charge in [0.2, 0.25) is 5.91 Å². The van der Waals surface area contributed by atoms with Crippen LogP contribution in [0.5, 0.6) is 0 Å². The van der Waals surface area contributed by atoms with Gasteiger partial charge in [-0.15, -0.1) is 11.3 Å². The van der Waals surface area contributed by atoms with Crippen LogP contribution in [-0.2, 0) is 11.3 Å². The largest absolute Gasteiger partial charge is 0.356 e. The highest BCUT2D eigenvalue weighted by atomic mass is 32.1. The summed E-state index contributed by atoms with van der Waals surface area (Å²) < 4.78 is 1.60. The molecule has 26 heavy (non-hydrogen) atoms. The summed E-state index contributed by atoms with van der Waals surface area (Å²) in [7, 11) is 0. The van der Waals surface area contributed by atoms with E-state index < -0.39 is 0 Å². The monoisotopic (exact) mass is 369 g/mol. The molecule has 3 aromatic heterocycles. The molecule has 0 bridgehead atoms. The Labute approximate surface area is 154 Å². The Morgan fingerprint density at radius 3 is 3.04 bits per heavy atom. The molecule has 0 unspecified atom stereocenters. The molecule has 0 aliphatic carbocycles. The van der Waals surface area contributed by atoms with Crippen molar-refractivity contribution >= 4 is 23.1 Å². The molecular weight excluding hydrogens is 350 g/mol. The lowest BCUT2D eigenvalue weighted by atomic mass is 9.97. The van der Waals surface area contributed by atoms with E-state index in [-0.39, 0.29) is 11.8 Å². The Morgan fingerprint density at radius 1 is 1.31 bits per heavy atom. The Kier molecular flexibility index (Phi) is 4.87. The smallest absolute Gasteiger partial charge is 0.225 e. The maximum atomic E-state index is 12.5. The highest BCUT2D eigenvalue weighted by Crippen LogP contribution is 2.22. The number of carbonyl (C=O) groups excluding carboxylic acids is 1. The Morgan fingerprint density at radius 2 is 2.23 bits per heavy atom. The summed E-state index contributed by atoms with van der Waals surface area (Å²) in [6.45, 7) is 2.13. The summed E-state index contributed by atoms with van der Waals surface area (Å²) in [5, 5.41) is 9.17. The molecule has 1 N–H and O–H groups in total. The second-order valence-electron chi connectivity index (χ2n) is 6.16. The molecule has 4 rings (SSSR count). The van der Waals surface area contributed by atoms with E-state index in [0.717, 1.165) is 25.2 Å². The number of aromatic nitrogens is 5. The SMILES string of the molecule is O=C(NCc1cccs1)[C@H]1CCCN(c2cc(-n3cncn3)ncn2)C1. The first-order valence-electron chi connectivity index (χ1n) is 8.51. The topological polar surface area (TPSA) is 88.8 Å². The first kappa shape index (κ1) is 16.6. The van der Waals surface area contributed by atoms with Crippen molar-refractivity contribution in [3.8, 4) is 5.82 Å². The molecule has 8 nitrogen and oxygen atoms in total. The van der Waals surface area contributed by atoms with E-state index in [9.17, 15) is 4.79 Å². The minimum Gasteiger partial charge on any atom is -0.356 e. The second kappa shape index (κ2) is 7.61. The minimum atomic E-state index is -0.0338. The van der Waals surface area contributed by atoms with Gasteiger partial charge >= 0.3 is 0 Å². The predicted molar refractivity (Wildman–Crippen MR) is 98.1 cm³/mol. The molecule has 0 aromatic carbocycles. The van der Waals surface area contributed by atoms with Gasteiger partial charge in [0, 0.05) is 24.0 Å². The average Bonchev–Trinajstić information content (AvgIpc) is 3.40. The third-order valence-corrected chi connectivity index (χ3v) is 5.30. The molecule has 1 atom stereocenters. The summed E-state index contributed by atoms with van der Waals surface area (Å²) in [5.74, 6) is 1.54. The highest BCUT2D eigenvalue weighted by molar-refractivity contribution is 7.09. The molecule has 1 saturated heterocycles. The van der Waals surface area contributed by atoms with E-state index >= 15 is 0 Å². The van der Waals surface area contributed by atoms with Crippen molar-refractivity contribution in [1.29, 1.82) is 0 Å². The summed E-state index contributed by atoms with van der Waals surface area (Å²) in [4.78, 5) is 28.4. The van der Waals surface area contributed by atoms with Gasteiger partial charge in [-0.3, -0.25) is 4.79 Å². The van der Waals surface area contributed by atoms with Crippen molar-refractivity contribution < 1.29 is 4.79 Å². The number of nitrogens with one attached hydrogen (secondary N) is 1. The van der Waals surface area contributed by atoms with E-state index in [2.05, 4.69) is 30.3 Å². The maximum Gasteiger partial charge on any atom is 0.225 e. The fraction of sp³-hybridized carbons (Fsp3) is 0.353. The molecule has 1 aliphatic heterocycles. The molecule has 4 heterocycles. The number of thiophene rings is 1. The molecule has 134 valence electrons. The standard InChI is InChI=1S/C17H19N7OS/c25-17(19-8-14-4-2-6-26-14)13-3-1-5-23(9-13)15-7-16(21-11-20-15)24-12-18-10-22-24/h2,4,6-7,10-13H,1,3,5,8-9H2,(H,19,25)/t13-/m0/s1. The van der Waals surface area contributed by atoms with Gasteiger partial charge in [-0.2, -0.15) is 5.10 Å². The van der Waals surface area contributed by atoms with Crippen LogP contribution in [-0.4, -0.2) is 43.7 Å². The van der Waals surface area contributed by atoms with Gasteiger partial charge in [0.1, 0.15) is 24.8 Å². The van der Waals surface area contributed by atoms with E-state index in [4.69, 9.17) is 0 Å². The zero-order valence-corrected chi connectivity index (χ0v) is 15.0. The number of nitrogens with zero attached hydrogens (tertiary/aromatic N) is 6. The van der Waals surface area contributed by atoms with Crippen molar-refractivity contribution in [3.05, 3.63) is 47.4 Å². The van der Waals surface area contributed by atoms with Crippen molar-refractivity contribution in [2.45, 2.75) is 19.4 Å². The number of carbonyl (C=O) groups is 1. The van der Waals surface area contributed by atoms with E-state index in [1.807, 2.05) is 23.6 Å². The van der Waals surface area contributed by atoms with Crippen LogP contribution < -0.4 is 10.2 Å². The molecule has 1 aliphatic rings. The Hall–Kier alpha value is -2.81. The Balaban J connectivity index is 1.42. The first-order chi connectivity index (χ1) is 12.8. The van der Waals surface area contributed by atoms with Gasteiger partial charge in [0.15, 0.2) is 5.82 Å². The molecule has 0 radical (unpaired) electrons. The van der Waals surface area contributed by atoms with Gasteiger partial charge in [-0.05, 0) is 24.3 Å². The molecular formula is C17H19N7OS. The third kappa shape index (κ3) is 3.72. The summed E-state index contributed by atoms with van der Waals surface area (Å²) in [6.07, 6.45) is 6.44. The second-order valence-corrected chi connectivity index (χ2v) is 7.19. The van der Waals surface area contributed by atoms with Gasteiger partial charge < -0.3 is 10.2 Å². The number of amides is 1. The van der Waals surface area contributed by atoms with Crippen molar-refractivity contribution in [2.24, 2.45) is 5.92 Å². The highest BCUT2D eigenvalue weighted by Gasteiger charge is 2.26.